The zero-order valence-electron chi connectivity index (χ0n) is 6.96. The number of ether oxygens (including phenoxy) is 1. The summed E-state index contributed by atoms with van der Waals surface area (Å²) in [7, 11) is 0. The average molecular weight is 217 g/mol. The van der Waals surface area contributed by atoms with Crippen LogP contribution < -0.4 is 0 Å². The minimum Gasteiger partial charge on any atom is -0.370 e. The Labute approximate surface area is 85.5 Å². The van der Waals surface area contributed by atoms with Gasteiger partial charge in [-0.15, -0.1) is 11.3 Å². The van der Waals surface area contributed by atoms with Crippen LogP contribution in [0.5, 0.6) is 0 Å². The molecule has 2 heterocycles. The molecule has 1 fully saturated rings. The summed E-state index contributed by atoms with van der Waals surface area (Å²) in [6.45, 7) is 0.694. The van der Waals surface area contributed by atoms with Gasteiger partial charge >= 0.3 is 0 Å². The summed E-state index contributed by atoms with van der Waals surface area (Å²) in [6, 6.07) is 1.74. The average Bonchev–Trinajstić information content (AvgIpc) is 2.72. The molecule has 2 nitrogen and oxygen atoms in total. The van der Waals surface area contributed by atoms with Crippen molar-refractivity contribution in [3.63, 3.8) is 0 Å². The van der Waals surface area contributed by atoms with E-state index in [-0.39, 0.29) is 11.9 Å². The molecule has 1 unspecified atom stereocenters. The maximum atomic E-state index is 11.7. The number of Topliss-reactive ketones (excluding diaryl/α,β-unsaturated/α-hetero) is 1. The number of carbonyl (C=O) groups is 1. The molecule has 1 atom stereocenters. The first kappa shape index (κ1) is 9.19. The van der Waals surface area contributed by atoms with Gasteiger partial charge in [0.15, 0.2) is 0 Å². The lowest BCUT2D eigenvalue weighted by atomic mass is 10.1. The van der Waals surface area contributed by atoms with Crippen molar-refractivity contribution in [3.8, 4) is 0 Å². The first-order chi connectivity index (χ1) is 6.29. The third-order valence-corrected chi connectivity index (χ3v) is 3.42. The molecule has 4 heteroatoms. The number of hydrogen-bond acceptors (Lipinski definition) is 3. The Morgan fingerprint density at radius 3 is 3.08 bits per heavy atom. The molecule has 0 saturated carbocycles. The molecule has 1 aromatic heterocycles. The van der Waals surface area contributed by atoms with Gasteiger partial charge < -0.3 is 4.74 Å². The van der Waals surface area contributed by atoms with Crippen molar-refractivity contribution in [2.24, 2.45) is 0 Å². The van der Waals surface area contributed by atoms with E-state index in [9.17, 15) is 4.79 Å². The summed E-state index contributed by atoms with van der Waals surface area (Å²) in [5.41, 5.74) is 0. The standard InChI is InChI=1S/C9H9ClO2S/c10-6-3-5-13-9(6)8(11)7-2-1-4-12-7/h3,5,7H,1-2,4H2. The van der Waals surface area contributed by atoms with Crippen molar-refractivity contribution in [1.82, 2.24) is 0 Å². The summed E-state index contributed by atoms with van der Waals surface area (Å²) in [5, 5.41) is 2.37. The van der Waals surface area contributed by atoms with Crippen molar-refractivity contribution in [2.45, 2.75) is 18.9 Å². The van der Waals surface area contributed by atoms with E-state index in [2.05, 4.69) is 0 Å². The first-order valence-electron chi connectivity index (χ1n) is 4.18. The molecule has 0 aromatic carbocycles. The topological polar surface area (TPSA) is 26.3 Å². The van der Waals surface area contributed by atoms with Crippen LogP contribution in [-0.2, 0) is 4.74 Å². The van der Waals surface area contributed by atoms with Gasteiger partial charge in [0.1, 0.15) is 6.10 Å². The van der Waals surface area contributed by atoms with Crippen molar-refractivity contribution in [1.29, 1.82) is 0 Å². The van der Waals surface area contributed by atoms with Crippen LogP contribution in [0.15, 0.2) is 11.4 Å². The van der Waals surface area contributed by atoms with Crippen LogP contribution in [-0.4, -0.2) is 18.5 Å². The maximum absolute atomic E-state index is 11.7. The van der Waals surface area contributed by atoms with Gasteiger partial charge in [0, 0.05) is 6.61 Å². The van der Waals surface area contributed by atoms with Gasteiger partial charge in [-0.05, 0) is 24.3 Å². The number of thiophene rings is 1. The van der Waals surface area contributed by atoms with Crippen LogP contribution in [0.4, 0.5) is 0 Å². The highest BCUT2D eigenvalue weighted by atomic mass is 35.5. The molecule has 0 bridgehead atoms. The summed E-state index contributed by atoms with van der Waals surface area (Å²) >= 11 is 7.23. The van der Waals surface area contributed by atoms with Gasteiger partial charge in [0.25, 0.3) is 0 Å². The van der Waals surface area contributed by atoms with E-state index in [1.807, 2.05) is 5.38 Å². The smallest absolute Gasteiger partial charge is 0.202 e. The van der Waals surface area contributed by atoms with Gasteiger partial charge in [-0.1, -0.05) is 11.6 Å². The van der Waals surface area contributed by atoms with Crippen molar-refractivity contribution >= 4 is 28.7 Å². The Hall–Kier alpha value is -0.380. The van der Waals surface area contributed by atoms with Crippen LogP contribution in [0.1, 0.15) is 22.5 Å². The molecule has 1 aliphatic rings. The van der Waals surface area contributed by atoms with E-state index in [1.165, 1.54) is 11.3 Å². The molecule has 0 spiro atoms. The molecular weight excluding hydrogens is 208 g/mol. The molecule has 1 aliphatic heterocycles. The van der Waals surface area contributed by atoms with Crippen molar-refractivity contribution in [3.05, 3.63) is 21.3 Å². The molecule has 2 rings (SSSR count). The molecule has 1 saturated heterocycles. The largest absolute Gasteiger partial charge is 0.370 e. The maximum Gasteiger partial charge on any atom is 0.202 e. The second-order valence-corrected chi connectivity index (χ2v) is 4.29. The zero-order valence-corrected chi connectivity index (χ0v) is 8.53. The second-order valence-electron chi connectivity index (χ2n) is 2.96. The molecule has 13 heavy (non-hydrogen) atoms. The summed E-state index contributed by atoms with van der Waals surface area (Å²) in [4.78, 5) is 12.4. The van der Waals surface area contributed by atoms with Crippen LogP contribution in [0.2, 0.25) is 5.02 Å². The lowest BCUT2D eigenvalue weighted by Crippen LogP contribution is -2.18. The monoisotopic (exact) mass is 216 g/mol. The minimum absolute atomic E-state index is 0.0394. The second kappa shape index (κ2) is 3.78. The molecular formula is C9H9ClO2S. The van der Waals surface area contributed by atoms with Crippen LogP contribution in [0.25, 0.3) is 0 Å². The van der Waals surface area contributed by atoms with Gasteiger partial charge in [-0.2, -0.15) is 0 Å². The fourth-order valence-corrected chi connectivity index (χ4v) is 2.53. The van der Waals surface area contributed by atoms with E-state index in [0.29, 0.717) is 16.5 Å². The van der Waals surface area contributed by atoms with Gasteiger partial charge in [0.05, 0.1) is 9.90 Å². The number of rotatable bonds is 2. The molecule has 70 valence electrons. The molecule has 1 aromatic rings. The van der Waals surface area contributed by atoms with E-state index in [4.69, 9.17) is 16.3 Å². The normalized spacial score (nSPS) is 22.1. The predicted octanol–water partition coefficient (Wildman–Crippen LogP) is 2.76. The highest BCUT2D eigenvalue weighted by Gasteiger charge is 2.26. The Kier molecular flexibility index (Phi) is 2.67. The quantitative estimate of drug-likeness (QED) is 0.711. The predicted molar refractivity (Wildman–Crippen MR) is 52.6 cm³/mol. The Bertz CT molecular complexity index is 315. The zero-order chi connectivity index (χ0) is 9.26. The lowest BCUT2D eigenvalue weighted by molar-refractivity contribution is 0.0647. The Morgan fingerprint density at radius 1 is 1.69 bits per heavy atom. The molecule has 0 amide bonds. The highest BCUT2D eigenvalue weighted by molar-refractivity contribution is 7.12. The van der Waals surface area contributed by atoms with Crippen LogP contribution >= 0.6 is 22.9 Å². The summed E-state index contributed by atoms with van der Waals surface area (Å²) in [6.07, 6.45) is 1.54. The van der Waals surface area contributed by atoms with E-state index >= 15 is 0 Å². The fourth-order valence-electron chi connectivity index (χ4n) is 1.40. The number of carbonyl (C=O) groups excluding carboxylic acids is 1. The number of halogens is 1. The molecule has 0 aliphatic carbocycles. The summed E-state index contributed by atoms with van der Waals surface area (Å²) < 4.78 is 5.29. The SMILES string of the molecule is O=C(c1sccc1Cl)C1CCCO1. The van der Waals surface area contributed by atoms with Crippen LogP contribution in [0, 0.1) is 0 Å². The summed E-state index contributed by atoms with van der Waals surface area (Å²) in [5.74, 6) is 0.0394. The van der Waals surface area contributed by atoms with Crippen LogP contribution in [0.3, 0.4) is 0 Å². The molecule has 0 radical (unpaired) electrons. The third kappa shape index (κ3) is 1.77. The van der Waals surface area contributed by atoms with E-state index < -0.39 is 0 Å². The fraction of sp³-hybridized carbons (Fsp3) is 0.444. The number of ketones is 1. The van der Waals surface area contributed by atoms with Crippen molar-refractivity contribution < 1.29 is 9.53 Å². The third-order valence-electron chi connectivity index (χ3n) is 2.06. The van der Waals surface area contributed by atoms with E-state index in [0.717, 1.165) is 12.8 Å². The number of hydrogen-bond donors (Lipinski definition) is 0. The first-order valence-corrected chi connectivity index (χ1v) is 5.43. The van der Waals surface area contributed by atoms with E-state index in [1.54, 1.807) is 6.07 Å². The van der Waals surface area contributed by atoms with Gasteiger partial charge in [-0.3, -0.25) is 4.79 Å². The minimum atomic E-state index is -0.254. The van der Waals surface area contributed by atoms with Gasteiger partial charge in [0.2, 0.25) is 5.78 Å². The van der Waals surface area contributed by atoms with Gasteiger partial charge in [-0.25, -0.2) is 0 Å². The lowest BCUT2D eigenvalue weighted by Gasteiger charge is -2.05. The Morgan fingerprint density at radius 2 is 2.54 bits per heavy atom. The van der Waals surface area contributed by atoms with Crippen molar-refractivity contribution in [2.75, 3.05) is 6.61 Å². The highest BCUT2D eigenvalue weighted by Crippen LogP contribution is 2.26. The molecule has 0 N–H and O–H groups in total. The Balaban J connectivity index is 2.17.